The van der Waals surface area contributed by atoms with Crippen molar-refractivity contribution in [3.05, 3.63) is 0 Å². The Kier molecular flexibility index (Phi) is 3.57. The van der Waals surface area contributed by atoms with E-state index in [4.69, 9.17) is 0 Å². The molecule has 0 aromatic heterocycles. The number of rotatable bonds is 3. The molecule has 0 N–H and O–H groups in total. The topological polar surface area (TPSA) is 26.3 Å². The fraction of sp³-hybridized carbons (Fsp3) is 0.900. The van der Waals surface area contributed by atoms with Crippen LogP contribution in [-0.4, -0.2) is 13.1 Å². The molecule has 70 valence electrons. The van der Waals surface area contributed by atoms with Gasteiger partial charge in [0, 0.05) is 6.42 Å². The second-order valence-electron chi connectivity index (χ2n) is 3.64. The van der Waals surface area contributed by atoms with Crippen LogP contribution in [0.3, 0.4) is 0 Å². The molecule has 1 aliphatic rings. The zero-order valence-corrected chi connectivity index (χ0v) is 8.01. The van der Waals surface area contributed by atoms with Crippen molar-refractivity contribution >= 4 is 5.97 Å². The Hall–Kier alpha value is -0.530. The summed E-state index contributed by atoms with van der Waals surface area (Å²) in [7, 11) is 1.47. The highest BCUT2D eigenvalue weighted by atomic mass is 16.5. The molecular weight excluding hydrogens is 152 g/mol. The Bertz CT molecular complexity index is 154. The van der Waals surface area contributed by atoms with Crippen LogP contribution in [-0.2, 0) is 9.53 Å². The lowest BCUT2D eigenvalue weighted by atomic mass is 9.91. The smallest absolute Gasteiger partial charge is 0.305 e. The van der Waals surface area contributed by atoms with E-state index in [0.29, 0.717) is 12.3 Å². The molecule has 0 spiro atoms. The fourth-order valence-corrected chi connectivity index (χ4v) is 2.22. The highest BCUT2D eigenvalue weighted by molar-refractivity contribution is 5.69. The van der Waals surface area contributed by atoms with Gasteiger partial charge in [0.15, 0.2) is 0 Å². The number of esters is 1. The Morgan fingerprint density at radius 1 is 1.42 bits per heavy atom. The molecule has 0 heterocycles. The van der Waals surface area contributed by atoms with Crippen molar-refractivity contribution in [1.82, 2.24) is 0 Å². The number of ether oxygens (including phenoxy) is 1. The van der Waals surface area contributed by atoms with Crippen molar-refractivity contribution in [2.75, 3.05) is 7.11 Å². The first-order valence-electron chi connectivity index (χ1n) is 4.84. The quantitative estimate of drug-likeness (QED) is 0.608. The summed E-state index contributed by atoms with van der Waals surface area (Å²) in [5.74, 6) is 1.33. The first-order chi connectivity index (χ1) is 5.77. The van der Waals surface area contributed by atoms with Gasteiger partial charge < -0.3 is 4.74 Å². The van der Waals surface area contributed by atoms with Gasteiger partial charge in [-0.15, -0.1) is 0 Å². The lowest BCUT2D eigenvalue weighted by Crippen LogP contribution is -2.13. The van der Waals surface area contributed by atoms with Gasteiger partial charge in [-0.2, -0.15) is 0 Å². The second kappa shape index (κ2) is 4.48. The zero-order chi connectivity index (χ0) is 8.97. The molecule has 12 heavy (non-hydrogen) atoms. The summed E-state index contributed by atoms with van der Waals surface area (Å²) in [5.41, 5.74) is 0. The number of carbonyl (C=O) groups is 1. The highest BCUT2D eigenvalue weighted by Crippen LogP contribution is 2.36. The van der Waals surface area contributed by atoms with Gasteiger partial charge in [-0.3, -0.25) is 4.79 Å². The van der Waals surface area contributed by atoms with Crippen molar-refractivity contribution in [2.45, 2.75) is 39.0 Å². The minimum absolute atomic E-state index is 0.0413. The van der Waals surface area contributed by atoms with E-state index in [1.165, 1.54) is 32.8 Å². The van der Waals surface area contributed by atoms with E-state index in [0.717, 1.165) is 5.92 Å². The van der Waals surface area contributed by atoms with Crippen molar-refractivity contribution < 1.29 is 9.53 Å². The number of hydrogen-bond acceptors (Lipinski definition) is 2. The average Bonchev–Trinajstić information content (AvgIpc) is 2.51. The molecule has 1 rings (SSSR count). The molecule has 1 fully saturated rings. The van der Waals surface area contributed by atoms with Crippen molar-refractivity contribution in [1.29, 1.82) is 0 Å². The lowest BCUT2D eigenvalue weighted by molar-refractivity contribution is -0.142. The molecule has 1 saturated carbocycles. The average molecular weight is 170 g/mol. The molecule has 0 aromatic carbocycles. The molecule has 0 radical (unpaired) electrons. The molecule has 1 aliphatic carbocycles. The first kappa shape index (κ1) is 9.56. The minimum Gasteiger partial charge on any atom is -0.469 e. The second-order valence-corrected chi connectivity index (χ2v) is 3.64. The summed E-state index contributed by atoms with van der Waals surface area (Å²) in [6, 6.07) is 0. The summed E-state index contributed by atoms with van der Waals surface area (Å²) >= 11 is 0. The molecule has 2 heteroatoms. The molecule has 2 atom stereocenters. The van der Waals surface area contributed by atoms with Gasteiger partial charge in [0.1, 0.15) is 0 Å². The van der Waals surface area contributed by atoms with Crippen LogP contribution in [0.1, 0.15) is 39.0 Å². The number of carbonyl (C=O) groups excluding carboxylic acids is 1. The van der Waals surface area contributed by atoms with Gasteiger partial charge in [-0.05, 0) is 18.3 Å². The van der Waals surface area contributed by atoms with Crippen molar-refractivity contribution in [3.8, 4) is 0 Å². The summed E-state index contributed by atoms with van der Waals surface area (Å²) in [6.07, 6.45) is 5.66. The molecule has 0 amide bonds. The van der Waals surface area contributed by atoms with E-state index in [9.17, 15) is 4.79 Å². The van der Waals surface area contributed by atoms with Gasteiger partial charge in [0.25, 0.3) is 0 Å². The Balaban J connectivity index is 2.35. The van der Waals surface area contributed by atoms with Crippen LogP contribution in [0.2, 0.25) is 0 Å². The maximum atomic E-state index is 11.0. The zero-order valence-electron chi connectivity index (χ0n) is 8.01. The predicted octanol–water partition coefficient (Wildman–Crippen LogP) is 2.38. The van der Waals surface area contributed by atoms with Gasteiger partial charge in [-0.1, -0.05) is 26.2 Å². The third-order valence-corrected chi connectivity index (χ3v) is 3.00. The van der Waals surface area contributed by atoms with Crippen molar-refractivity contribution in [3.63, 3.8) is 0 Å². The highest BCUT2D eigenvalue weighted by Gasteiger charge is 2.27. The van der Waals surface area contributed by atoms with E-state index in [1.807, 2.05) is 0 Å². The lowest BCUT2D eigenvalue weighted by Gasteiger charge is -2.15. The predicted molar refractivity (Wildman–Crippen MR) is 47.8 cm³/mol. The van der Waals surface area contributed by atoms with Gasteiger partial charge in [0.05, 0.1) is 7.11 Å². The molecular formula is C10H18O2. The minimum atomic E-state index is -0.0413. The van der Waals surface area contributed by atoms with Crippen LogP contribution in [0.25, 0.3) is 0 Å². The van der Waals surface area contributed by atoms with Crippen LogP contribution in [0.5, 0.6) is 0 Å². The maximum absolute atomic E-state index is 11.0. The first-order valence-corrected chi connectivity index (χ1v) is 4.84. The van der Waals surface area contributed by atoms with Crippen LogP contribution in [0, 0.1) is 11.8 Å². The normalized spacial score (nSPS) is 28.8. The summed E-state index contributed by atoms with van der Waals surface area (Å²) in [6.45, 7) is 2.21. The van der Waals surface area contributed by atoms with Crippen LogP contribution in [0.4, 0.5) is 0 Å². The van der Waals surface area contributed by atoms with Gasteiger partial charge in [0.2, 0.25) is 0 Å². The standard InChI is InChI=1S/C10H18O2/c1-3-8-5-4-6-9(8)7-10(11)12-2/h8-9H,3-7H2,1-2H3/t8-,9+/m1/s1. The Labute approximate surface area is 74.3 Å². The number of hydrogen-bond donors (Lipinski definition) is 0. The Morgan fingerprint density at radius 3 is 2.67 bits per heavy atom. The molecule has 0 saturated heterocycles. The van der Waals surface area contributed by atoms with Crippen LogP contribution < -0.4 is 0 Å². The van der Waals surface area contributed by atoms with Gasteiger partial charge in [-0.25, -0.2) is 0 Å². The summed E-state index contributed by atoms with van der Waals surface area (Å²) in [5, 5.41) is 0. The monoisotopic (exact) mass is 170 g/mol. The summed E-state index contributed by atoms with van der Waals surface area (Å²) in [4.78, 5) is 11.0. The van der Waals surface area contributed by atoms with Crippen LogP contribution in [0.15, 0.2) is 0 Å². The third kappa shape index (κ3) is 2.23. The SMILES string of the molecule is CC[C@@H]1CCC[C@H]1CC(=O)OC. The van der Waals surface area contributed by atoms with Gasteiger partial charge >= 0.3 is 5.97 Å². The molecule has 0 bridgehead atoms. The third-order valence-electron chi connectivity index (χ3n) is 3.00. The fourth-order valence-electron chi connectivity index (χ4n) is 2.22. The molecule has 0 aromatic rings. The van der Waals surface area contributed by atoms with E-state index in [1.54, 1.807) is 0 Å². The molecule has 0 unspecified atom stereocenters. The molecule has 0 aliphatic heterocycles. The maximum Gasteiger partial charge on any atom is 0.305 e. The molecule has 2 nitrogen and oxygen atoms in total. The Morgan fingerprint density at radius 2 is 2.08 bits per heavy atom. The largest absolute Gasteiger partial charge is 0.469 e. The van der Waals surface area contributed by atoms with Crippen LogP contribution >= 0.6 is 0 Å². The van der Waals surface area contributed by atoms with Crippen molar-refractivity contribution in [2.24, 2.45) is 11.8 Å². The number of methoxy groups -OCH3 is 1. The summed E-state index contributed by atoms with van der Waals surface area (Å²) < 4.78 is 4.67. The van der Waals surface area contributed by atoms with E-state index >= 15 is 0 Å². The van der Waals surface area contributed by atoms with E-state index < -0.39 is 0 Å². The van der Waals surface area contributed by atoms with E-state index in [2.05, 4.69) is 11.7 Å². The van der Waals surface area contributed by atoms with E-state index in [-0.39, 0.29) is 5.97 Å².